The van der Waals surface area contributed by atoms with Gasteiger partial charge in [-0.3, -0.25) is 10.1 Å². The van der Waals surface area contributed by atoms with Crippen LogP contribution in [0.3, 0.4) is 0 Å². The number of benzene rings is 1. The van der Waals surface area contributed by atoms with Crippen LogP contribution in [0.5, 0.6) is 0 Å². The molecule has 1 aromatic carbocycles. The van der Waals surface area contributed by atoms with E-state index in [9.17, 15) is 9.59 Å². The predicted molar refractivity (Wildman–Crippen MR) is 98.7 cm³/mol. The molecular formula is C19H22N5O4+. The third kappa shape index (κ3) is 4.63. The van der Waals surface area contributed by atoms with E-state index >= 15 is 0 Å². The molecule has 0 aliphatic heterocycles. The third-order valence-electron chi connectivity index (χ3n) is 4.20. The number of imide groups is 1. The van der Waals surface area contributed by atoms with Crippen LogP contribution >= 0.6 is 0 Å². The number of nitrogens with one attached hydrogen (secondary N) is 2. The number of amides is 3. The summed E-state index contributed by atoms with van der Waals surface area (Å²) in [4.78, 5) is 24.8. The first-order valence-electron chi connectivity index (χ1n) is 8.94. The number of carbonyl (C=O) groups is 2. The lowest BCUT2D eigenvalue weighted by atomic mass is 10.0. The van der Waals surface area contributed by atoms with Gasteiger partial charge in [-0.25, -0.2) is 4.79 Å². The highest BCUT2D eigenvalue weighted by Gasteiger charge is 2.33. The van der Waals surface area contributed by atoms with Crippen LogP contribution in [0.15, 0.2) is 57.6 Å². The SMILES string of the molecule is CCC[NH+](Cc1nnc(-c2ccco2)o1)[C@H](C(=O)NC(N)=O)c1ccccc1. The van der Waals surface area contributed by atoms with Gasteiger partial charge in [-0.1, -0.05) is 37.3 Å². The van der Waals surface area contributed by atoms with Gasteiger partial charge in [0.15, 0.2) is 18.3 Å². The van der Waals surface area contributed by atoms with Crippen LogP contribution in [0.1, 0.15) is 30.8 Å². The smallest absolute Gasteiger partial charge is 0.319 e. The van der Waals surface area contributed by atoms with Crippen LogP contribution in [0.25, 0.3) is 11.7 Å². The summed E-state index contributed by atoms with van der Waals surface area (Å²) in [5.74, 6) is 0.631. The first kappa shape index (κ1) is 19.3. The maximum atomic E-state index is 12.7. The molecule has 9 nitrogen and oxygen atoms in total. The van der Waals surface area contributed by atoms with Crippen LogP contribution in [-0.2, 0) is 11.3 Å². The second-order valence-electron chi connectivity index (χ2n) is 6.26. The molecule has 2 atom stereocenters. The summed E-state index contributed by atoms with van der Waals surface area (Å²) < 4.78 is 11.0. The van der Waals surface area contributed by atoms with E-state index in [1.54, 1.807) is 12.1 Å². The zero-order valence-corrected chi connectivity index (χ0v) is 15.4. The van der Waals surface area contributed by atoms with Crippen LogP contribution in [-0.4, -0.2) is 28.7 Å². The fraction of sp³-hybridized carbons (Fsp3) is 0.263. The number of primary amides is 1. The molecule has 3 amide bonds. The number of nitrogens with zero attached hydrogens (tertiary/aromatic N) is 2. The average Bonchev–Trinajstić information content (AvgIpc) is 3.34. The number of rotatable bonds is 8. The Balaban J connectivity index is 1.88. The van der Waals surface area contributed by atoms with Gasteiger partial charge in [-0.2, -0.15) is 0 Å². The Bertz CT molecular complexity index is 908. The molecule has 4 N–H and O–H groups in total. The quantitative estimate of drug-likeness (QED) is 0.533. The lowest BCUT2D eigenvalue weighted by Gasteiger charge is -2.26. The minimum absolute atomic E-state index is 0.272. The number of furan rings is 1. The van der Waals surface area contributed by atoms with Gasteiger partial charge in [0.25, 0.3) is 17.7 Å². The molecule has 0 saturated heterocycles. The Hall–Kier alpha value is -3.46. The molecule has 0 aliphatic rings. The lowest BCUT2D eigenvalue weighted by molar-refractivity contribution is -0.936. The Labute approximate surface area is 161 Å². The normalized spacial score (nSPS) is 13.0. The van der Waals surface area contributed by atoms with Crippen molar-refractivity contribution in [2.75, 3.05) is 6.54 Å². The Kier molecular flexibility index (Phi) is 6.18. The van der Waals surface area contributed by atoms with Gasteiger partial charge in [-0.15, -0.1) is 10.2 Å². The maximum absolute atomic E-state index is 12.7. The number of aromatic nitrogens is 2. The molecule has 2 heterocycles. The Morgan fingerprint density at radius 1 is 1.18 bits per heavy atom. The van der Waals surface area contributed by atoms with Crippen LogP contribution < -0.4 is 16.0 Å². The summed E-state index contributed by atoms with van der Waals surface area (Å²) in [7, 11) is 0. The van der Waals surface area contributed by atoms with E-state index in [1.165, 1.54) is 6.26 Å². The van der Waals surface area contributed by atoms with Crippen molar-refractivity contribution in [3.8, 4) is 11.7 Å². The van der Waals surface area contributed by atoms with E-state index in [0.29, 0.717) is 24.7 Å². The van der Waals surface area contributed by atoms with Crippen molar-refractivity contribution in [3.63, 3.8) is 0 Å². The fourth-order valence-electron chi connectivity index (χ4n) is 3.09. The fourth-order valence-corrected chi connectivity index (χ4v) is 3.09. The summed E-state index contributed by atoms with van der Waals surface area (Å²) in [5, 5.41) is 10.3. The standard InChI is InChI=1S/C19H21N5O4/c1-2-10-24(12-15-22-23-18(28-15)14-9-6-11-27-14)16(17(25)21-19(20)26)13-7-4-3-5-8-13/h3-9,11,16H,2,10,12H2,1H3,(H3,20,21,25,26)/p+1/t16-/m0/s1. The minimum Gasteiger partial charge on any atom is -0.459 e. The highest BCUT2D eigenvalue weighted by atomic mass is 16.4. The molecule has 1 unspecified atom stereocenters. The van der Waals surface area contributed by atoms with E-state index in [2.05, 4.69) is 15.5 Å². The number of hydrogen-bond donors (Lipinski definition) is 3. The number of carbonyl (C=O) groups excluding carboxylic acids is 2. The highest BCUT2D eigenvalue weighted by molar-refractivity contribution is 5.96. The van der Waals surface area contributed by atoms with Gasteiger partial charge in [-0.05, 0) is 18.6 Å². The summed E-state index contributed by atoms with van der Waals surface area (Å²) in [6.45, 7) is 2.95. The molecule has 2 aromatic heterocycles. The highest BCUT2D eigenvalue weighted by Crippen LogP contribution is 2.18. The number of nitrogens with two attached hydrogens (primary N) is 1. The molecule has 3 rings (SSSR count). The summed E-state index contributed by atoms with van der Waals surface area (Å²) in [6, 6.07) is 11.1. The zero-order chi connectivity index (χ0) is 19.9. The van der Waals surface area contributed by atoms with Crippen LogP contribution in [0.2, 0.25) is 0 Å². The van der Waals surface area contributed by atoms with Crippen molar-refractivity contribution in [2.45, 2.75) is 25.9 Å². The number of urea groups is 1. The van der Waals surface area contributed by atoms with E-state index in [4.69, 9.17) is 14.6 Å². The minimum atomic E-state index is -0.889. The second kappa shape index (κ2) is 8.96. The Morgan fingerprint density at radius 2 is 1.96 bits per heavy atom. The van der Waals surface area contributed by atoms with Crippen molar-refractivity contribution < 1.29 is 23.3 Å². The lowest BCUT2D eigenvalue weighted by Crippen LogP contribution is -3.12. The maximum Gasteiger partial charge on any atom is 0.319 e. The summed E-state index contributed by atoms with van der Waals surface area (Å²) in [6.07, 6.45) is 2.33. The summed E-state index contributed by atoms with van der Waals surface area (Å²) in [5.41, 5.74) is 5.92. The van der Waals surface area contributed by atoms with Gasteiger partial charge in [0.2, 0.25) is 0 Å². The van der Waals surface area contributed by atoms with Crippen molar-refractivity contribution in [1.29, 1.82) is 0 Å². The van der Waals surface area contributed by atoms with E-state index in [-0.39, 0.29) is 5.89 Å². The Morgan fingerprint density at radius 3 is 2.61 bits per heavy atom. The van der Waals surface area contributed by atoms with E-state index < -0.39 is 18.0 Å². The molecule has 0 spiro atoms. The van der Waals surface area contributed by atoms with Crippen LogP contribution in [0.4, 0.5) is 4.79 Å². The van der Waals surface area contributed by atoms with Gasteiger partial charge < -0.3 is 19.5 Å². The molecule has 3 aromatic rings. The molecule has 146 valence electrons. The molecular weight excluding hydrogens is 362 g/mol. The van der Waals surface area contributed by atoms with Crippen LogP contribution in [0, 0.1) is 0 Å². The molecule has 9 heteroatoms. The average molecular weight is 384 g/mol. The molecule has 0 bridgehead atoms. The second-order valence-corrected chi connectivity index (χ2v) is 6.26. The molecule has 0 fully saturated rings. The topological polar surface area (TPSA) is 129 Å². The number of hydrogen-bond acceptors (Lipinski definition) is 6. The first-order chi connectivity index (χ1) is 13.6. The van der Waals surface area contributed by atoms with Crippen molar-refractivity contribution in [3.05, 3.63) is 60.2 Å². The zero-order valence-electron chi connectivity index (χ0n) is 15.4. The van der Waals surface area contributed by atoms with Gasteiger partial charge in [0, 0.05) is 5.56 Å². The predicted octanol–water partition coefficient (Wildman–Crippen LogP) is 1.06. The largest absolute Gasteiger partial charge is 0.459 e. The van der Waals surface area contributed by atoms with Crippen molar-refractivity contribution in [2.24, 2.45) is 5.73 Å². The van der Waals surface area contributed by atoms with Crippen molar-refractivity contribution >= 4 is 11.9 Å². The number of quaternary nitrogens is 1. The van der Waals surface area contributed by atoms with E-state index in [0.717, 1.165) is 16.9 Å². The van der Waals surface area contributed by atoms with E-state index in [1.807, 2.05) is 37.3 Å². The third-order valence-corrected chi connectivity index (χ3v) is 4.20. The van der Waals surface area contributed by atoms with Gasteiger partial charge in [0.05, 0.1) is 12.8 Å². The van der Waals surface area contributed by atoms with Gasteiger partial charge >= 0.3 is 6.03 Å². The summed E-state index contributed by atoms with van der Waals surface area (Å²) >= 11 is 0. The molecule has 0 saturated carbocycles. The molecule has 0 radical (unpaired) electrons. The first-order valence-corrected chi connectivity index (χ1v) is 8.94. The molecule has 28 heavy (non-hydrogen) atoms. The monoisotopic (exact) mass is 384 g/mol. The molecule has 0 aliphatic carbocycles. The van der Waals surface area contributed by atoms with Crippen molar-refractivity contribution in [1.82, 2.24) is 15.5 Å². The van der Waals surface area contributed by atoms with Gasteiger partial charge in [0.1, 0.15) is 0 Å².